The van der Waals surface area contributed by atoms with Gasteiger partial charge < -0.3 is 5.32 Å². The Morgan fingerprint density at radius 3 is 2.25 bits per heavy atom. The highest BCUT2D eigenvalue weighted by atomic mass is 16.2. The summed E-state index contributed by atoms with van der Waals surface area (Å²) in [5.74, 6) is -2.84. The van der Waals surface area contributed by atoms with Gasteiger partial charge in [0.25, 0.3) is 0 Å². The molecule has 0 unspecified atom stereocenters. The van der Waals surface area contributed by atoms with Crippen LogP contribution in [0.5, 0.6) is 0 Å². The van der Waals surface area contributed by atoms with Crippen molar-refractivity contribution < 1.29 is 24.0 Å². The summed E-state index contributed by atoms with van der Waals surface area (Å²) in [6.45, 7) is 2.51. The van der Waals surface area contributed by atoms with E-state index < -0.39 is 42.4 Å². The molecule has 24 heavy (non-hydrogen) atoms. The monoisotopic (exact) mass is 338 g/mol. The summed E-state index contributed by atoms with van der Waals surface area (Å²) >= 11 is 0. The number of carbonyl (C=O) groups excluding carboxylic acids is 5. The minimum absolute atomic E-state index is 0.0274. The summed E-state index contributed by atoms with van der Waals surface area (Å²) < 4.78 is 0. The first-order valence-corrected chi connectivity index (χ1v) is 8.10. The van der Waals surface area contributed by atoms with E-state index in [2.05, 4.69) is 10.6 Å². The van der Waals surface area contributed by atoms with Crippen molar-refractivity contribution in [2.75, 3.05) is 6.54 Å². The van der Waals surface area contributed by atoms with Gasteiger partial charge in [-0.15, -0.1) is 0 Å². The van der Waals surface area contributed by atoms with Crippen molar-refractivity contribution in [3.8, 4) is 0 Å². The van der Waals surface area contributed by atoms with E-state index in [-0.39, 0.29) is 6.04 Å². The lowest BCUT2D eigenvalue weighted by atomic mass is 9.96. The zero-order valence-corrected chi connectivity index (χ0v) is 13.8. The molecule has 0 atom stereocenters. The summed E-state index contributed by atoms with van der Waals surface area (Å²) in [4.78, 5) is 60.6. The van der Waals surface area contributed by atoms with Crippen molar-refractivity contribution in [1.82, 2.24) is 20.4 Å². The van der Waals surface area contributed by atoms with Gasteiger partial charge in [-0.05, 0) is 26.7 Å². The summed E-state index contributed by atoms with van der Waals surface area (Å²) in [5.41, 5.74) is 0. The van der Waals surface area contributed by atoms with Gasteiger partial charge in [0.2, 0.25) is 5.91 Å². The molecule has 9 heteroatoms. The highest BCUT2D eigenvalue weighted by molar-refractivity contribution is 6.45. The Hall–Kier alpha value is -2.45. The maximum atomic E-state index is 12.0. The van der Waals surface area contributed by atoms with Gasteiger partial charge in [0, 0.05) is 12.1 Å². The van der Waals surface area contributed by atoms with Crippen LogP contribution in [0.25, 0.3) is 0 Å². The lowest BCUT2D eigenvalue weighted by Crippen LogP contribution is -2.49. The first kappa shape index (κ1) is 17.9. The predicted molar refractivity (Wildman–Crippen MR) is 82.6 cm³/mol. The van der Waals surface area contributed by atoms with Crippen molar-refractivity contribution in [2.45, 2.75) is 58.0 Å². The van der Waals surface area contributed by atoms with Crippen molar-refractivity contribution in [1.29, 1.82) is 0 Å². The van der Waals surface area contributed by atoms with Crippen LogP contribution in [0.15, 0.2) is 0 Å². The van der Waals surface area contributed by atoms with E-state index in [4.69, 9.17) is 0 Å². The fraction of sp³-hybridized carbons (Fsp3) is 0.667. The first-order valence-electron chi connectivity index (χ1n) is 8.10. The molecule has 1 aliphatic heterocycles. The van der Waals surface area contributed by atoms with Crippen LogP contribution in [-0.4, -0.2) is 58.2 Å². The van der Waals surface area contributed by atoms with Crippen LogP contribution in [-0.2, 0) is 14.4 Å². The number of carbonyl (C=O) groups is 5. The normalized spacial score (nSPS) is 19.2. The highest BCUT2D eigenvalue weighted by Gasteiger charge is 2.46. The van der Waals surface area contributed by atoms with Crippen molar-refractivity contribution >= 4 is 29.8 Å². The summed E-state index contributed by atoms with van der Waals surface area (Å²) in [6.07, 6.45) is 4.93. The molecule has 0 aromatic rings. The number of rotatable bonds is 4. The average molecular weight is 338 g/mol. The fourth-order valence-corrected chi connectivity index (χ4v) is 2.90. The molecular weight excluding hydrogens is 316 g/mol. The van der Waals surface area contributed by atoms with E-state index in [0.717, 1.165) is 37.0 Å². The van der Waals surface area contributed by atoms with Crippen LogP contribution in [0.3, 0.4) is 0 Å². The second-order valence-electron chi connectivity index (χ2n) is 6.30. The molecule has 1 heterocycles. The molecule has 2 fully saturated rings. The molecule has 0 spiro atoms. The molecule has 2 N–H and O–H groups in total. The van der Waals surface area contributed by atoms with E-state index in [1.165, 1.54) is 0 Å². The van der Waals surface area contributed by atoms with Gasteiger partial charge >= 0.3 is 23.9 Å². The van der Waals surface area contributed by atoms with Crippen LogP contribution in [0.1, 0.15) is 46.0 Å². The summed E-state index contributed by atoms with van der Waals surface area (Å²) in [5, 5.41) is 4.79. The van der Waals surface area contributed by atoms with Gasteiger partial charge in [-0.3, -0.25) is 24.6 Å². The molecule has 0 aromatic heterocycles. The lowest BCUT2D eigenvalue weighted by molar-refractivity contribution is -0.144. The van der Waals surface area contributed by atoms with Crippen LogP contribution in [0.4, 0.5) is 9.59 Å². The Morgan fingerprint density at radius 2 is 1.71 bits per heavy atom. The third-order valence-corrected chi connectivity index (χ3v) is 4.10. The zero-order chi connectivity index (χ0) is 17.9. The number of hydrogen-bond donors (Lipinski definition) is 2. The van der Waals surface area contributed by atoms with Crippen molar-refractivity contribution in [3.05, 3.63) is 0 Å². The van der Waals surface area contributed by atoms with E-state index >= 15 is 0 Å². The lowest BCUT2D eigenvalue weighted by Gasteiger charge is -2.23. The second-order valence-corrected chi connectivity index (χ2v) is 6.30. The number of imide groups is 3. The smallest absolute Gasteiger partial charge is 0.334 e. The first-order chi connectivity index (χ1) is 11.3. The topological polar surface area (TPSA) is 116 Å². The average Bonchev–Trinajstić information content (AvgIpc) is 2.71. The molecule has 0 aromatic carbocycles. The van der Waals surface area contributed by atoms with Crippen LogP contribution >= 0.6 is 0 Å². The van der Waals surface area contributed by atoms with Gasteiger partial charge in [-0.1, -0.05) is 19.3 Å². The number of nitrogens with one attached hydrogen (secondary N) is 2. The molecule has 1 aliphatic carbocycles. The van der Waals surface area contributed by atoms with E-state index in [1.54, 1.807) is 13.8 Å². The number of amides is 7. The maximum Gasteiger partial charge on any atom is 0.334 e. The van der Waals surface area contributed by atoms with Gasteiger partial charge in [-0.2, -0.15) is 0 Å². The molecule has 9 nitrogen and oxygen atoms in total. The van der Waals surface area contributed by atoms with Crippen LogP contribution in [0, 0.1) is 0 Å². The summed E-state index contributed by atoms with van der Waals surface area (Å²) in [7, 11) is 0. The second kappa shape index (κ2) is 7.41. The quantitative estimate of drug-likeness (QED) is 0.566. The molecule has 0 bridgehead atoms. The third kappa shape index (κ3) is 3.90. The Kier molecular flexibility index (Phi) is 5.53. The molecule has 7 amide bonds. The Morgan fingerprint density at radius 1 is 1.08 bits per heavy atom. The standard InChI is InChI=1S/C15H22N4O5/c1-9(2)19-13(22)12(21)18(15(19)24)8-11(20)17-14(23)16-10-6-4-3-5-7-10/h9-10H,3-8H2,1-2H3,(H2,16,17,20,23). The number of hydrogen-bond acceptors (Lipinski definition) is 5. The summed E-state index contributed by atoms with van der Waals surface area (Å²) in [6, 6.07) is -1.96. The Labute approximate surface area is 139 Å². The molecular formula is C15H22N4O5. The van der Waals surface area contributed by atoms with E-state index in [0.29, 0.717) is 4.90 Å². The fourth-order valence-electron chi connectivity index (χ4n) is 2.90. The maximum absolute atomic E-state index is 12.0. The Balaban J connectivity index is 1.87. The van der Waals surface area contributed by atoms with Gasteiger partial charge in [-0.25, -0.2) is 14.5 Å². The van der Waals surface area contributed by atoms with Gasteiger partial charge in [0.05, 0.1) is 0 Å². The van der Waals surface area contributed by atoms with Gasteiger partial charge in [0.15, 0.2) is 0 Å². The molecule has 1 saturated carbocycles. The van der Waals surface area contributed by atoms with Crippen LogP contribution in [0.2, 0.25) is 0 Å². The SMILES string of the molecule is CC(C)N1C(=O)C(=O)N(CC(=O)NC(=O)NC2CCCCC2)C1=O. The van der Waals surface area contributed by atoms with Crippen molar-refractivity contribution in [2.24, 2.45) is 0 Å². The molecule has 132 valence electrons. The minimum atomic E-state index is -1.06. The molecule has 2 rings (SSSR count). The van der Waals surface area contributed by atoms with Crippen LogP contribution < -0.4 is 10.6 Å². The van der Waals surface area contributed by atoms with E-state index in [1.807, 2.05) is 0 Å². The third-order valence-electron chi connectivity index (χ3n) is 4.10. The van der Waals surface area contributed by atoms with E-state index in [9.17, 15) is 24.0 Å². The number of urea groups is 2. The molecule has 1 saturated heterocycles. The predicted octanol–water partition coefficient (Wildman–Crippen LogP) is 0.344. The minimum Gasteiger partial charge on any atom is -0.335 e. The molecule has 0 radical (unpaired) electrons. The van der Waals surface area contributed by atoms with Gasteiger partial charge in [0.1, 0.15) is 6.54 Å². The Bertz CT molecular complexity index is 568. The zero-order valence-electron chi connectivity index (χ0n) is 13.8. The van der Waals surface area contributed by atoms with Crippen molar-refractivity contribution in [3.63, 3.8) is 0 Å². The molecule has 2 aliphatic rings. The largest absolute Gasteiger partial charge is 0.335 e. The number of nitrogens with zero attached hydrogens (tertiary/aromatic N) is 2. The highest BCUT2D eigenvalue weighted by Crippen LogP contribution is 2.17.